The van der Waals surface area contributed by atoms with Crippen molar-refractivity contribution in [3.05, 3.63) is 35.4 Å². The molecule has 0 unspecified atom stereocenters. The summed E-state index contributed by atoms with van der Waals surface area (Å²) in [5.41, 5.74) is 2.04. The number of aliphatic hydroxyl groups excluding tert-OH is 1. The quantitative estimate of drug-likeness (QED) is 0.844. The third-order valence-corrected chi connectivity index (χ3v) is 3.68. The molecule has 0 aromatic heterocycles. The maximum absolute atomic E-state index is 12.3. The molecule has 1 N–H and O–H groups in total. The van der Waals surface area contributed by atoms with Crippen LogP contribution in [0.1, 0.15) is 49.5 Å². The molecule has 0 radical (unpaired) electrons. The molecule has 1 fully saturated rings. The van der Waals surface area contributed by atoms with Crippen LogP contribution in [0.5, 0.6) is 0 Å². The Morgan fingerprint density at radius 1 is 1.26 bits per heavy atom. The van der Waals surface area contributed by atoms with Crippen LogP contribution >= 0.6 is 0 Å². The van der Waals surface area contributed by atoms with Crippen LogP contribution in [-0.4, -0.2) is 35.1 Å². The summed E-state index contributed by atoms with van der Waals surface area (Å²) >= 11 is 0. The van der Waals surface area contributed by atoms with Gasteiger partial charge >= 0.3 is 0 Å². The van der Waals surface area contributed by atoms with E-state index >= 15 is 0 Å². The maximum Gasteiger partial charge on any atom is 0.253 e. The highest BCUT2D eigenvalue weighted by Crippen LogP contribution is 2.23. The molecule has 0 spiro atoms. The number of aliphatic hydroxyl groups is 1. The molecule has 1 aliphatic rings. The standard InChI is InChI=1S/C16H23NO2/c1-16(2,3)13-8-6-12(7-9-13)15(19)17-10-4-5-14(18)11-17/h6-9,14,18H,4-5,10-11H2,1-3H3/t14-/m0/s1. The van der Waals surface area contributed by atoms with Crippen LogP contribution in [0.4, 0.5) is 0 Å². The summed E-state index contributed by atoms with van der Waals surface area (Å²) in [6.45, 7) is 7.68. The van der Waals surface area contributed by atoms with Crippen LogP contribution in [0, 0.1) is 0 Å². The van der Waals surface area contributed by atoms with Gasteiger partial charge in [-0.05, 0) is 36.0 Å². The summed E-state index contributed by atoms with van der Waals surface area (Å²) in [5, 5.41) is 9.63. The van der Waals surface area contributed by atoms with Gasteiger partial charge in [-0.1, -0.05) is 32.9 Å². The Labute approximate surface area is 115 Å². The Kier molecular flexibility index (Phi) is 3.95. The van der Waals surface area contributed by atoms with Crippen molar-refractivity contribution in [1.82, 2.24) is 4.90 Å². The first-order valence-electron chi connectivity index (χ1n) is 6.96. The van der Waals surface area contributed by atoms with Crippen LogP contribution in [0.25, 0.3) is 0 Å². The highest BCUT2D eigenvalue weighted by Gasteiger charge is 2.23. The molecule has 3 nitrogen and oxygen atoms in total. The average Bonchev–Trinajstić information content (AvgIpc) is 2.37. The van der Waals surface area contributed by atoms with Crippen molar-refractivity contribution in [3.63, 3.8) is 0 Å². The number of hydrogen-bond acceptors (Lipinski definition) is 2. The molecule has 1 aliphatic heterocycles. The van der Waals surface area contributed by atoms with Gasteiger partial charge in [0.2, 0.25) is 0 Å². The van der Waals surface area contributed by atoms with E-state index in [0.717, 1.165) is 19.4 Å². The second kappa shape index (κ2) is 5.33. The van der Waals surface area contributed by atoms with Crippen LogP contribution in [0.3, 0.4) is 0 Å². The molecule has 3 heteroatoms. The number of benzene rings is 1. The molecule has 0 aliphatic carbocycles. The van der Waals surface area contributed by atoms with Crippen LogP contribution < -0.4 is 0 Å². The van der Waals surface area contributed by atoms with E-state index in [9.17, 15) is 9.90 Å². The minimum absolute atomic E-state index is 0.0270. The number of β-amino-alcohol motifs (C(OH)–C–C–N with tert-alkyl or cyclic N) is 1. The van der Waals surface area contributed by atoms with Gasteiger partial charge in [0, 0.05) is 18.7 Å². The van der Waals surface area contributed by atoms with Crippen molar-refractivity contribution in [1.29, 1.82) is 0 Å². The fraction of sp³-hybridized carbons (Fsp3) is 0.562. The number of carbonyl (C=O) groups is 1. The first-order chi connectivity index (χ1) is 8.88. The average molecular weight is 261 g/mol. The number of nitrogens with zero attached hydrogens (tertiary/aromatic N) is 1. The van der Waals surface area contributed by atoms with Crippen molar-refractivity contribution in [2.24, 2.45) is 0 Å². The second-order valence-corrected chi connectivity index (χ2v) is 6.37. The molecule has 1 aromatic rings. The highest BCUT2D eigenvalue weighted by molar-refractivity contribution is 5.94. The van der Waals surface area contributed by atoms with E-state index < -0.39 is 0 Å². The molecule has 1 saturated heterocycles. The van der Waals surface area contributed by atoms with Gasteiger partial charge in [-0.25, -0.2) is 0 Å². The lowest BCUT2D eigenvalue weighted by atomic mass is 9.86. The monoisotopic (exact) mass is 261 g/mol. The van der Waals surface area contributed by atoms with Crippen LogP contribution in [0.2, 0.25) is 0 Å². The molecule has 2 rings (SSSR count). The molecule has 104 valence electrons. The molecular weight excluding hydrogens is 238 g/mol. The summed E-state index contributed by atoms with van der Waals surface area (Å²) in [6.07, 6.45) is 1.31. The van der Waals surface area contributed by atoms with E-state index in [4.69, 9.17) is 0 Å². The maximum atomic E-state index is 12.3. The number of hydrogen-bond donors (Lipinski definition) is 1. The van der Waals surface area contributed by atoms with Gasteiger partial charge < -0.3 is 10.0 Å². The molecule has 19 heavy (non-hydrogen) atoms. The van der Waals surface area contributed by atoms with Gasteiger partial charge in [0.15, 0.2) is 0 Å². The lowest BCUT2D eigenvalue weighted by Crippen LogP contribution is -2.42. The second-order valence-electron chi connectivity index (χ2n) is 6.37. The van der Waals surface area contributed by atoms with Gasteiger partial charge in [-0.3, -0.25) is 4.79 Å². The normalized spacial score (nSPS) is 20.4. The number of piperidine rings is 1. The van der Waals surface area contributed by atoms with E-state index in [1.165, 1.54) is 5.56 Å². The number of rotatable bonds is 1. The minimum atomic E-state index is -0.369. The first-order valence-corrected chi connectivity index (χ1v) is 6.96. The van der Waals surface area contributed by atoms with Crippen molar-refractivity contribution in [3.8, 4) is 0 Å². The molecule has 1 aromatic carbocycles. The van der Waals surface area contributed by atoms with E-state index in [1.807, 2.05) is 24.3 Å². The first kappa shape index (κ1) is 14.1. The number of amides is 1. The van der Waals surface area contributed by atoms with Crippen molar-refractivity contribution >= 4 is 5.91 Å². The number of likely N-dealkylation sites (tertiary alicyclic amines) is 1. The molecule has 1 heterocycles. The van der Waals surface area contributed by atoms with Gasteiger partial charge in [-0.2, -0.15) is 0 Å². The summed E-state index contributed by atoms with van der Waals surface area (Å²) in [4.78, 5) is 14.1. The zero-order valence-corrected chi connectivity index (χ0v) is 12.0. The van der Waals surface area contributed by atoms with Gasteiger partial charge in [0.05, 0.1) is 6.10 Å². The largest absolute Gasteiger partial charge is 0.391 e. The fourth-order valence-corrected chi connectivity index (χ4v) is 2.43. The predicted octanol–water partition coefficient (Wildman–Crippen LogP) is 2.58. The molecule has 1 atom stereocenters. The Balaban J connectivity index is 2.11. The Morgan fingerprint density at radius 3 is 2.42 bits per heavy atom. The summed E-state index contributed by atoms with van der Waals surface area (Å²) in [7, 11) is 0. The van der Waals surface area contributed by atoms with Crippen molar-refractivity contribution in [2.75, 3.05) is 13.1 Å². The molecule has 0 saturated carbocycles. The predicted molar refractivity (Wildman–Crippen MR) is 76.3 cm³/mol. The Bertz CT molecular complexity index is 445. The van der Waals surface area contributed by atoms with E-state index in [-0.39, 0.29) is 17.4 Å². The highest BCUT2D eigenvalue weighted by atomic mass is 16.3. The molecule has 1 amide bonds. The van der Waals surface area contributed by atoms with Gasteiger partial charge in [0.1, 0.15) is 0 Å². The fourth-order valence-electron chi connectivity index (χ4n) is 2.43. The number of carbonyl (C=O) groups excluding carboxylic acids is 1. The zero-order valence-electron chi connectivity index (χ0n) is 12.0. The SMILES string of the molecule is CC(C)(C)c1ccc(C(=O)N2CCC[C@H](O)C2)cc1. The lowest BCUT2D eigenvalue weighted by Gasteiger charge is -2.30. The van der Waals surface area contributed by atoms with Crippen molar-refractivity contribution < 1.29 is 9.90 Å². The summed E-state index contributed by atoms with van der Waals surface area (Å²) in [6, 6.07) is 7.83. The van der Waals surface area contributed by atoms with E-state index in [1.54, 1.807) is 4.90 Å². The van der Waals surface area contributed by atoms with Crippen molar-refractivity contribution in [2.45, 2.75) is 45.1 Å². The van der Waals surface area contributed by atoms with Crippen LogP contribution in [-0.2, 0) is 5.41 Å². The zero-order chi connectivity index (χ0) is 14.0. The topological polar surface area (TPSA) is 40.5 Å². The van der Waals surface area contributed by atoms with Gasteiger partial charge in [0.25, 0.3) is 5.91 Å². The third kappa shape index (κ3) is 3.35. The summed E-state index contributed by atoms with van der Waals surface area (Å²) < 4.78 is 0. The van der Waals surface area contributed by atoms with E-state index in [2.05, 4.69) is 20.8 Å². The smallest absolute Gasteiger partial charge is 0.253 e. The van der Waals surface area contributed by atoms with E-state index in [0.29, 0.717) is 12.1 Å². The lowest BCUT2D eigenvalue weighted by molar-refractivity contribution is 0.0473. The molecule has 0 bridgehead atoms. The third-order valence-electron chi connectivity index (χ3n) is 3.68. The molecular formula is C16H23NO2. The van der Waals surface area contributed by atoms with Crippen LogP contribution in [0.15, 0.2) is 24.3 Å². The van der Waals surface area contributed by atoms with Gasteiger partial charge in [-0.15, -0.1) is 0 Å². The summed E-state index contributed by atoms with van der Waals surface area (Å²) in [5.74, 6) is 0.0270. The minimum Gasteiger partial charge on any atom is -0.391 e. The Morgan fingerprint density at radius 2 is 1.89 bits per heavy atom. The Hall–Kier alpha value is -1.35.